The van der Waals surface area contributed by atoms with Gasteiger partial charge < -0.3 is 66.1 Å². The Bertz CT molecular complexity index is 2460. The Morgan fingerprint density at radius 1 is 0.317 bits per heavy atom. The smallest absolute Gasteiger partial charge is 1.00 e. The number of H-pyrrole nitrogens is 2. The second-order valence-corrected chi connectivity index (χ2v) is 13.4. The topological polar surface area (TPSA) is 94.3 Å². The fourth-order valence-electron chi connectivity index (χ4n) is 7.45. The Hall–Kier alpha value is -5.94. The van der Waals surface area contributed by atoms with Gasteiger partial charge in [0, 0.05) is 44.3 Å². The molecule has 0 saturated carbocycles. The predicted octanol–water partition coefficient (Wildman–Crippen LogP) is 2.37. The molecule has 2 aliphatic rings. The molecule has 8 bridgehead atoms. The van der Waals surface area contributed by atoms with Gasteiger partial charge in [-0.1, -0.05) is 48.5 Å². The first-order valence-corrected chi connectivity index (χ1v) is 18.3. The van der Waals surface area contributed by atoms with Crippen LogP contribution in [0, 0.1) is 0 Å². The van der Waals surface area contributed by atoms with Crippen molar-refractivity contribution in [3.8, 4) is 67.5 Å². The molecule has 2 aliphatic heterocycles. The second kappa shape index (κ2) is 19.4. The SMILES string of the molecule is COc1ccc(-c2c3nc(c(-c4ccc(OC)cc4)c4ccc([nH]4)c(-c4ccc(OC)cc4)c4nc(c(-c5ccc(OC)cc5)c5ccc2[nH]5)C=C4)C=C3)cc1.[Cl-].[Cl-].[Cl-].[Co+3]. The summed E-state index contributed by atoms with van der Waals surface area (Å²) in [4.78, 5) is 18.4. The van der Waals surface area contributed by atoms with Crippen molar-refractivity contribution >= 4 is 46.4 Å². The van der Waals surface area contributed by atoms with Crippen LogP contribution in [0.1, 0.15) is 22.8 Å². The summed E-state index contributed by atoms with van der Waals surface area (Å²) in [6.07, 6.45) is 8.37. The first-order valence-electron chi connectivity index (χ1n) is 18.3. The number of fused-ring (bicyclic) bond motifs is 8. The fraction of sp³-hybridized carbons (Fsp3) is 0.0833. The maximum absolute atomic E-state index is 5.53. The minimum Gasteiger partial charge on any atom is -1.00 e. The average Bonchev–Trinajstić information content (AvgIpc) is 4.10. The van der Waals surface area contributed by atoms with E-state index in [1.54, 1.807) is 28.4 Å². The third-order valence-corrected chi connectivity index (χ3v) is 10.3. The van der Waals surface area contributed by atoms with Crippen molar-refractivity contribution in [2.75, 3.05) is 28.4 Å². The van der Waals surface area contributed by atoms with E-state index in [1.807, 2.05) is 48.5 Å². The van der Waals surface area contributed by atoms with E-state index in [2.05, 4.69) is 107 Å². The largest absolute Gasteiger partial charge is 3.00 e. The Morgan fingerprint density at radius 3 is 0.700 bits per heavy atom. The Morgan fingerprint density at radius 2 is 0.517 bits per heavy atom. The molecule has 0 spiro atoms. The molecule has 0 unspecified atom stereocenters. The zero-order valence-electron chi connectivity index (χ0n) is 32.9. The van der Waals surface area contributed by atoms with E-state index in [9.17, 15) is 0 Å². The molecule has 3 aromatic heterocycles. The summed E-state index contributed by atoms with van der Waals surface area (Å²) in [5.41, 5.74) is 14.8. The number of aromatic amines is 2. The van der Waals surface area contributed by atoms with E-state index < -0.39 is 0 Å². The van der Waals surface area contributed by atoms with E-state index in [0.29, 0.717) is 0 Å². The summed E-state index contributed by atoms with van der Waals surface area (Å²) >= 11 is 0. The van der Waals surface area contributed by atoms with Crippen LogP contribution in [-0.2, 0) is 16.8 Å². The van der Waals surface area contributed by atoms with Crippen molar-refractivity contribution in [3.63, 3.8) is 0 Å². The van der Waals surface area contributed by atoms with Crippen molar-refractivity contribution in [1.29, 1.82) is 0 Å². The van der Waals surface area contributed by atoms with Crippen LogP contribution in [0.25, 0.3) is 90.9 Å². The van der Waals surface area contributed by atoms with Gasteiger partial charge in [0.2, 0.25) is 0 Å². The average molecular weight is 900 g/mol. The van der Waals surface area contributed by atoms with E-state index in [1.165, 1.54) is 0 Å². The molecule has 0 fully saturated rings. The van der Waals surface area contributed by atoms with Gasteiger partial charge in [0.05, 0.1) is 51.2 Å². The molecule has 60 heavy (non-hydrogen) atoms. The first-order chi connectivity index (χ1) is 27.5. The van der Waals surface area contributed by atoms with Crippen molar-refractivity contribution in [2.24, 2.45) is 0 Å². The van der Waals surface area contributed by atoms with Gasteiger partial charge in [0.1, 0.15) is 23.0 Å². The van der Waals surface area contributed by atoms with Crippen molar-refractivity contribution < 1.29 is 72.9 Å². The Balaban J connectivity index is 0.00000171. The van der Waals surface area contributed by atoms with Gasteiger partial charge in [-0.25, -0.2) is 9.97 Å². The molecule has 4 aromatic carbocycles. The van der Waals surface area contributed by atoms with Gasteiger partial charge in [0.25, 0.3) is 0 Å². The number of rotatable bonds is 8. The first kappa shape index (κ1) is 45.1. The maximum atomic E-state index is 5.53. The van der Waals surface area contributed by atoms with Crippen LogP contribution in [0.2, 0.25) is 0 Å². The van der Waals surface area contributed by atoms with Crippen LogP contribution < -0.4 is 56.2 Å². The molecule has 8 nitrogen and oxygen atoms in total. The van der Waals surface area contributed by atoms with E-state index in [0.717, 1.165) is 112 Å². The molecule has 2 N–H and O–H groups in total. The molecule has 0 radical (unpaired) electrons. The zero-order chi connectivity index (χ0) is 38.2. The molecular weight excluding hydrogens is 862 g/mol. The van der Waals surface area contributed by atoms with E-state index >= 15 is 0 Å². The monoisotopic (exact) mass is 898 g/mol. The Labute approximate surface area is 377 Å². The van der Waals surface area contributed by atoms with Gasteiger partial charge in [-0.05, 0) is 119 Å². The van der Waals surface area contributed by atoms with Crippen LogP contribution in [0.3, 0.4) is 0 Å². The van der Waals surface area contributed by atoms with Crippen molar-refractivity contribution in [3.05, 3.63) is 144 Å². The number of nitrogens with zero attached hydrogens (tertiary/aromatic N) is 2. The third kappa shape index (κ3) is 8.54. The Kier molecular flexibility index (Phi) is 14.6. The van der Waals surface area contributed by atoms with Crippen LogP contribution in [0.4, 0.5) is 0 Å². The van der Waals surface area contributed by atoms with Gasteiger partial charge in [-0.2, -0.15) is 0 Å². The molecule has 9 rings (SSSR count). The molecule has 7 aromatic rings. The van der Waals surface area contributed by atoms with Crippen molar-refractivity contribution in [1.82, 2.24) is 19.9 Å². The van der Waals surface area contributed by atoms with Crippen LogP contribution in [0.5, 0.6) is 23.0 Å². The molecule has 0 saturated heterocycles. The number of benzene rings is 4. The molecule has 304 valence electrons. The summed E-state index contributed by atoms with van der Waals surface area (Å²) in [6.45, 7) is 0. The summed E-state index contributed by atoms with van der Waals surface area (Å²) in [5.74, 6) is 3.12. The number of ether oxygens (including phenoxy) is 4. The van der Waals surface area contributed by atoms with Gasteiger partial charge >= 0.3 is 16.8 Å². The van der Waals surface area contributed by atoms with Gasteiger partial charge in [-0.3, -0.25) is 0 Å². The number of halogens is 3. The van der Waals surface area contributed by atoms with Crippen LogP contribution >= 0.6 is 0 Å². The molecular formula is C48H38Cl3CoN4O4. The standard InChI is InChI=1S/C48H38N4O4.3ClH.Co/c1-53-33-13-5-29(6-14-33)45-37-21-23-39(49-37)46(30-7-15-34(54-2)16-8-30)41-25-27-43(51-41)48(32-11-19-36(56-4)20-12-32)44-28-26-42(52-44)47(40-24-22-38(45)50-40)31-9-17-35(55-3)18-10-31;;;;/h5-28,49,52H,1-4H3;3*1H;/q;;;;+3/p-3. The normalized spacial score (nSPS) is 11.0. The van der Waals surface area contributed by atoms with Crippen LogP contribution in [0.15, 0.2) is 121 Å². The molecule has 12 heteroatoms. The maximum Gasteiger partial charge on any atom is 3.00 e. The number of hydrogen-bond donors (Lipinski definition) is 2. The zero-order valence-corrected chi connectivity index (χ0v) is 36.2. The minimum absolute atomic E-state index is 0. The van der Waals surface area contributed by atoms with E-state index in [4.69, 9.17) is 28.9 Å². The van der Waals surface area contributed by atoms with Gasteiger partial charge in [-0.15, -0.1) is 0 Å². The second-order valence-electron chi connectivity index (χ2n) is 13.4. The molecule has 0 amide bonds. The molecule has 0 aliphatic carbocycles. The number of hydrogen-bond acceptors (Lipinski definition) is 6. The third-order valence-electron chi connectivity index (χ3n) is 10.3. The molecule has 5 heterocycles. The summed E-state index contributed by atoms with van der Waals surface area (Å²) in [6, 6.07) is 40.9. The minimum atomic E-state index is 0. The quantitative estimate of drug-likeness (QED) is 0.244. The fourth-order valence-corrected chi connectivity index (χ4v) is 7.45. The van der Waals surface area contributed by atoms with E-state index in [-0.39, 0.29) is 54.0 Å². The summed E-state index contributed by atoms with van der Waals surface area (Å²) in [5, 5.41) is 0. The molecule has 0 atom stereocenters. The number of methoxy groups -OCH3 is 4. The summed E-state index contributed by atoms with van der Waals surface area (Å²) < 4.78 is 22.1. The predicted molar refractivity (Wildman–Crippen MR) is 227 cm³/mol. The summed E-state index contributed by atoms with van der Waals surface area (Å²) in [7, 11) is 6.71. The van der Waals surface area contributed by atoms with Crippen LogP contribution in [-0.4, -0.2) is 48.4 Å². The number of nitrogens with one attached hydrogen (secondary N) is 2. The van der Waals surface area contributed by atoms with Crippen molar-refractivity contribution in [2.45, 2.75) is 0 Å². The number of aromatic nitrogens is 4. The van der Waals surface area contributed by atoms with Gasteiger partial charge in [0.15, 0.2) is 0 Å².